The minimum absolute atomic E-state index is 0.250. The molecule has 2 rings (SSSR count). The topological polar surface area (TPSA) is 83.6 Å². The number of hydrogen-bond acceptors (Lipinski definition) is 3. The third kappa shape index (κ3) is 3.14. The SMILES string of the molecule is NC(=O)[C@@H]1CN(C(=O)C2(O)CCCCC2)C[C@H]1C(F)(F)F. The molecule has 2 amide bonds. The first-order valence-electron chi connectivity index (χ1n) is 7.03. The number of nitrogens with two attached hydrogens (primary N) is 1. The van der Waals surface area contributed by atoms with Gasteiger partial charge in [-0.15, -0.1) is 0 Å². The van der Waals surface area contributed by atoms with Crippen LogP contribution < -0.4 is 5.73 Å². The molecule has 2 atom stereocenters. The van der Waals surface area contributed by atoms with Crippen molar-refractivity contribution < 1.29 is 27.9 Å². The van der Waals surface area contributed by atoms with Crippen LogP contribution in [0, 0.1) is 11.8 Å². The van der Waals surface area contributed by atoms with Crippen LogP contribution in [0.15, 0.2) is 0 Å². The molecule has 0 unspecified atom stereocenters. The average molecular weight is 308 g/mol. The number of hydrogen-bond donors (Lipinski definition) is 2. The maximum Gasteiger partial charge on any atom is 0.394 e. The predicted octanol–water partition coefficient (Wildman–Crippen LogP) is 0.804. The Morgan fingerprint density at radius 1 is 1.14 bits per heavy atom. The third-order valence-electron chi connectivity index (χ3n) is 4.47. The molecule has 21 heavy (non-hydrogen) atoms. The Morgan fingerprint density at radius 2 is 1.71 bits per heavy atom. The third-order valence-corrected chi connectivity index (χ3v) is 4.47. The highest BCUT2D eigenvalue weighted by Gasteiger charge is 2.54. The van der Waals surface area contributed by atoms with Crippen LogP contribution in [0.25, 0.3) is 0 Å². The minimum Gasteiger partial charge on any atom is -0.380 e. The largest absolute Gasteiger partial charge is 0.394 e. The number of rotatable bonds is 2. The Kier molecular flexibility index (Phi) is 4.19. The van der Waals surface area contributed by atoms with E-state index in [1.807, 2.05) is 0 Å². The monoisotopic (exact) mass is 308 g/mol. The molecule has 0 aromatic heterocycles. The molecule has 1 saturated heterocycles. The maximum absolute atomic E-state index is 12.9. The zero-order chi connectivity index (χ0) is 15.8. The van der Waals surface area contributed by atoms with E-state index in [0.717, 1.165) is 11.3 Å². The first-order valence-corrected chi connectivity index (χ1v) is 7.03. The van der Waals surface area contributed by atoms with E-state index < -0.39 is 42.0 Å². The second kappa shape index (κ2) is 5.47. The second-order valence-corrected chi connectivity index (χ2v) is 5.96. The van der Waals surface area contributed by atoms with Gasteiger partial charge < -0.3 is 15.7 Å². The first kappa shape index (κ1) is 16.1. The first-order chi connectivity index (χ1) is 9.65. The van der Waals surface area contributed by atoms with E-state index in [1.54, 1.807) is 0 Å². The Bertz CT molecular complexity index is 433. The number of nitrogens with zero attached hydrogens (tertiary/aromatic N) is 1. The highest BCUT2D eigenvalue weighted by atomic mass is 19.4. The van der Waals surface area contributed by atoms with E-state index in [2.05, 4.69) is 0 Å². The molecule has 0 radical (unpaired) electrons. The lowest BCUT2D eigenvalue weighted by Crippen LogP contribution is -2.49. The summed E-state index contributed by atoms with van der Waals surface area (Å²) in [5.41, 5.74) is 3.42. The highest BCUT2D eigenvalue weighted by molar-refractivity contribution is 5.87. The zero-order valence-electron chi connectivity index (χ0n) is 11.5. The van der Waals surface area contributed by atoms with E-state index in [0.29, 0.717) is 12.8 Å². The normalized spacial score (nSPS) is 29.4. The molecular weight excluding hydrogens is 289 g/mol. The summed E-state index contributed by atoms with van der Waals surface area (Å²) in [5.74, 6) is -5.17. The van der Waals surface area contributed by atoms with Crippen molar-refractivity contribution in [2.45, 2.75) is 43.9 Å². The molecule has 1 aliphatic heterocycles. The van der Waals surface area contributed by atoms with Gasteiger partial charge in [0.25, 0.3) is 5.91 Å². The molecule has 1 aliphatic carbocycles. The maximum atomic E-state index is 12.9. The van der Waals surface area contributed by atoms with E-state index in [4.69, 9.17) is 5.73 Å². The Morgan fingerprint density at radius 3 is 2.14 bits per heavy atom. The van der Waals surface area contributed by atoms with Gasteiger partial charge in [-0.25, -0.2) is 0 Å². The standard InChI is InChI=1S/C13H19F3N2O3/c14-13(15,16)9-7-18(6-8(9)10(17)19)11(20)12(21)4-2-1-3-5-12/h8-9,21H,1-7H2,(H2,17,19)/t8-,9-/m1/s1. The van der Waals surface area contributed by atoms with E-state index in [9.17, 15) is 27.9 Å². The Labute approximate surface area is 120 Å². The van der Waals surface area contributed by atoms with Gasteiger partial charge in [-0.2, -0.15) is 13.2 Å². The van der Waals surface area contributed by atoms with Crippen molar-refractivity contribution in [1.82, 2.24) is 4.90 Å². The zero-order valence-corrected chi connectivity index (χ0v) is 11.5. The number of carbonyl (C=O) groups is 2. The fourth-order valence-electron chi connectivity index (χ4n) is 3.23. The molecule has 0 spiro atoms. The van der Waals surface area contributed by atoms with Gasteiger partial charge in [0.1, 0.15) is 5.60 Å². The number of amides is 2. The number of carbonyl (C=O) groups excluding carboxylic acids is 2. The van der Waals surface area contributed by atoms with Gasteiger partial charge in [0.15, 0.2) is 0 Å². The molecule has 5 nitrogen and oxygen atoms in total. The molecule has 0 aromatic carbocycles. The Balaban J connectivity index is 2.15. The predicted molar refractivity (Wildman–Crippen MR) is 66.8 cm³/mol. The summed E-state index contributed by atoms with van der Waals surface area (Å²) < 4.78 is 38.8. The summed E-state index contributed by atoms with van der Waals surface area (Å²) in [6, 6.07) is 0. The molecule has 0 bridgehead atoms. The lowest BCUT2D eigenvalue weighted by atomic mass is 9.84. The van der Waals surface area contributed by atoms with Crippen molar-refractivity contribution >= 4 is 11.8 Å². The summed E-state index contributed by atoms with van der Waals surface area (Å²) >= 11 is 0. The fraction of sp³-hybridized carbons (Fsp3) is 0.846. The quantitative estimate of drug-likeness (QED) is 0.791. The van der Waals surface area contributed by atoms with Crippen molar-refractivity contribution in [3.8, 4) is 0 Å². The van der Waals surface area contributed by atoms with Crippen molar-refractivity contribution in [2.24, 2.45) is 17.6 Å². The smallest absolute Gasteiger partial charge is 0.380 e. The van der Waals surface area contributed by atoms with Crippen LogP contribution in [0.2, 0.25) is 0 Å². The van der Waals surface area contributed by atoms with E-state index in [-0.39, 0.29) is 19.4 Å². The van der Waals surface area contributed by atoms with Crippen LogP contribution in [-0.4, -0.2) is 46.7 Å². The molecule has 120 valence electrons. The highest BCUT2D eigenvalue weighted by Crippen LogP contribution is 2.39. The fourth-order valence-corrected chi connectivity index (χ4v) is 3.23. The van der Waals surface area contributed by atoms with Gasteiger partial charge >= 0.3 is 6.18 Å². The molecule has 1 heterocycles. The second-order valence-electron chi connectivity index (χ2n) is 5.96. The van der Waals surface area contributed by atoms with Crippen LogP contribution in [0.4, 0.5) is 13.2 Å². The van der Waals surface area contributed by atoms with Gasteiger partial charge in [-0.05, 0) is 12.8 Å². The molecule has 2 fully saturated rings. The van der Waals surface area contributed by atoms with Crippen molar-refractivity contribution in [2.75, 3.05) is 13.1 Å². The Hall–Kier alpha value is -1.31. The molecule has 1 saturated carbocycles. The van der Waals surface area contributed by atoms with Crippen LogP contribution in [0.1, 0.15) is 32.1 Å². The van der Waals surface area contributed by atoms with E-state index >= 15 is 0 Å². The van der Waals surface area contributed by atoms with Gasteiger partial charge in [-0.3, -0.25) is 9.59 Å². The summed E-state index contributed by atoms with van der Waals surface area (Å²) in [7, 11) is 0. The summed E-state index contributed by atoms with van der Waals surface area (Å²) in [6.07, 6.45) is -1.87. The van der Waals surface area contributed by atoms with Crippen LogP contribution >= 0.6 is 0 Å². The number of likely N-dealkylation sites (tertiary alicyclic amines) is 1. The van der Waals surface area contributed by atoms with Crippen LogP contribution in [0.3, 0.4) is 0 Å². The molecular formula is C13H19F3N2O3. The summed E-state index contributed by atoms with van der Waals surface area (Å²) in [5, 5.41) is 10.3. The van der Waals surface area contributed by atoms with Gasteiger partial charge in [0.05, 0.1) is 11.8 Å². The average Bonchev–Trinajstić information content (AvgIpc) is 2.83. The number of primary amides is 1. The lowest BCUT2D eigenvalue weighted by Gasteiger charge is -2.34. The molecule has 3 N–H and O–H groups in total. The van der Waals surface area contributed by atoms with Crippen LogP contribution in [0.5, 0.6) is 0 Å². The van der Waals surface area contributed by atoms with Crippen molar-refractivity contribution in [3.05, 3.63) is 0 Å². The van der Waals surface area contributed by atoms with Gasteiger partial charge in [0, 0.05) is 13.1 Å². The molecule has 0 aromatic rings. The lowest BCUT2D eigenvalue weighted by molar-refractivity contribution is -0.183. The van der Waals surface area contributed by atoms with Gasteiger partial charge in [0.2, 0.25) is 5.91 Å². The van der Waals surface area contributed by atoms with Crippen LogP contribution in [-0.2, 0) is 9.59 Å². The number of aliphatic hydroxyl groups is 1. The van der Waals surface area contributed by atoms with Gasteiger partial charge in [-0.1, -0.05) is 19.3 Å². The number of alkyl halides is 3. The summed E-state index contributed by atoms with van der Waals surface area (Å²) in [4.78, 5) is 24.5. The number of halogens is 3. The van der Waals surface area contributed by atoms with Crippen molar-refractivity contribution in [3.63, 3.8) is 0 Å². The molecule has 8 heteroatoms. The van der Waals surface area contributed by atoms with E-state index in [1.165, 1.54) is 0 Å². The van der Waals surface area contributed by atoms with Crippen molar-refractivity contribution in [1.29, 1.82) is 0 Å². The minimum atomic E-state index is -4.59. The molecule has 2 aliphatic rings. The summed E-state index contributed by atoms with van der Waals surface area (Å²) in [6.45, 7) is -0.987.